The monoisotopic (exact) mass is 313 g/mol. The van der Waals surface area contributed by atoms with Crippen molar-refractivity contribution in [2.75, 3.05) is 6.54 Å². The molecule has 0 amide bonds. The van der Waals surface area contributed by atoms with Crippen LogP contribution in [-0.4, -0.2) is 24.9 Å². The van der Waals surface area contributed by atoms with Crippen molar-refractivity contribution >= 4 is 27.2 Å². The summed E-state index contributed by atoms with van der Waals surface area (Å²) in [6.45, 7) is 4.73. The molecule has 20 heavy (non-hydrogen) atoms. The Hall–Kier alpha value is -1.05. The molecule has 1 aliphatic carbocycles. The average Bonchev–Trinajstić information content (AvgIpc) is 3.18. The molecule has 0 radical (unpaired) electrons. The molecule has 0 saturated heterocycles. The normalized spacial score (nSPS) is 17.1. The van der Waals surface area contributed by atoms with E-state index in [2.05, 4.69) is 23.6 Å². The summed E-state index contributed by atoms with van der Waals surface area (Å²) in [4.78, 5) is 4.24. The summed E-state index contributed by atoms with van der Waals surface area (Å²) in [5.41, 5.74) is 5.97. The van der Waals surface area contributed by atoms with E-state index in [1.807, 2.05) is 0 Å². The quantitative estimate of drug-likeness (QED) is 0.776. The molecule has 1 heterocycles. The molecular weight excluding hydrogens is 294 g/mol. The third kappa shape index (κ3) is 3.16. The summed E-state index contributed by atoms with van der Waals surface area (Å²) in [5.74, 6) is 0.473. The van der Waals surface area contributed by atoms with Crippen LogP contribution >= 0.6 is 12.2 Å². The number of aromatic nitrogens is 1. The number of rotatable bonds is 6. The number of thiocarbonyl (C=S) groups is 1. The molecule has 0 spiro atoms. The minimum Gasteiger partial charge on any atom is -0.388 e. The van der Waals surface area contributed by atoms with Gasteiger partial charge in [0, 0.05) is 12.7 Å². The molecule has 1 aliphatic rings. The standard InChI is InChI=1S/C13H19N3O2S2/c1-9(2)13(5-6-13)8-16-20(17,18)10-3-4-11(12(14)19)15-7-10/h3-4,7,9,16H,5-6,8H2,1-2H3,(H2,14,19). The molecule has 110 valence electrons. The van der Waals surface area contributed by atoms with Gasteiger partial charge < -0.3 is 5.73 Å². The molecule has 0 bridgehead atoms. The third-order valence-electron chi connectivity index (χ3n) is 4.03. The molecule has 5 nitrogen and oxygen atoms in total. The van der Waals surface area contributed by atoms with Gasteiger partial charge in [0.2, 0.25) is 10.0 Å². The molecule has 0 atom stereocenters. The molecule has 2 rings (SSSR count). The van der Waals surface area contributed by atoms with Gasteiger partial charge in [-0.2, -0.15) is 0 Å². The predicted octanol–water partition coefficient (Wildman–Crippen LogP) is 1.43. The molecule has 0 unspecified atom stereocenters. The van der Waals surface area contributed by atoms with Crippen LogP contribution in [0.25, 0.3) is 0 Å². The lowest BCUT2D eigenvalue weighted by Crippen LogP contribution is -2.32. The molecule has 0 aromatic carbocycles. The summed E-state index contributed by atoms with van der Waals surface area (Å²) < 4.78 is 27.1. The summed E-state index contributed by atoms with van der Waals surface area (Å²) >= 11 is 4.79. The molecule has 1 saturated carbocycles. The van der Waals surface area contributed by atoms with Gasteiger partial charge >= 0.3 is 0 Å². The van der Waals surface area contributed by atoms with Crippen LogP contribution in [0.3, 0.4) is 0 Å². The minimum absolute atomic E-state index is 0.124. The molecule has 0 aliphatic heterocycles. The zero-order valence-corrected chi connectivity index (χ0v) is 13.2. The van der Waals surface area contributed by atoms with E-state index >= 15 is 0 Å². The van der Waals surface area contributed by atoms with Crippen LogP contribution in [0.2, 0.25) is 0 Å². The number of sulfonamides is 1. The van der Waals surface area contributed by atoms with Crippen molar-refractivity contribution in [3.05, 3.63) is 24.0 Å². The second kappa shape index (κ2) is 5.38. The van der Waals surface area contributed by atoms with Gasteiger partial charge in [0.05, 0.1) is 5.69 Å². The fraction of sp³-hybridized carbons (Fsp3) is 0.538. The van der Waals surface area contributed by atoms with Crippen molar-refractivity contribution < 1.29 is 8.42 Å². The van der Waals surface area contributed by atoms with Crippen LogP contribution in [0.5, 0.6) is 0 Å². The number of pyridine rings is 1. The first-order chi connectivity index (χ1) is 9.27. The lowest BCUT2D eigenvalue weighted by atomic mass is 9.93. The van der Waals surface area contributed by atoms with E-state index in [9.17, 15) is 8.42 Å². The molecule has 1 aromatic rings. The SMILES string of the molecule is CC(C)C1(CNS(=O)(=O)c2ccc(C(N)=S)nc2)CC1. The maximum absolute atomic E-state index is 12.2. The predicted molar refractivity (Wildman–Crippen MR) is 81.8 cm³/mol. The topological polar surface area (TPSA) is 85.1 Å². The van der Waals surface area contributed by atoms with Crippen molar-refractivity contribution in [2.24, 2.45) is 17.1 Å². The maximum Gasteiger partial charge on any atom is 0.242 e. The largest absolute Gasteiger partial charge is 0.388 e. The van der Waals surface area contributed by atoms with Crippen molar-refractivity contribution in [1.82, 2.24) is 9.71 Å². The van der Waals surface area contributed by atoms with E-state index in [1.165, 1.54) is 18.3 Å². The van der Waals surface area contributed by atoms with Crippen LogP contribution in [0.4, 0.5) is 0 Å². The van der Waals surface area contributed by atoms with E-state index in [1.54, 1.807) is 0 Å². The average molecular weight is 313 g/mol. The number of nitrogens with one attached hydrogen (secondary N) is 1. The van der Waals surface area contributed by atoms with Crippen LogP contribution in [0, 0.1) is 11.3 Å². The smallest absolute Gasteiger partial charge is 0.242 e. The zero-order chi connectivity index (χ0) is 15.0. The highest BCUT2D eigenvalue weighted by atomic mass is 32.2. The number of nitrogens with zero attached hydrogens (tertiary/aromatic N) is 1. The maximum atomic E-state index is 12.2. The Morgan fingerprint density at radius 1 is 1.50 bits per heavy atom. The van der Waals surface area contributed by atoms with Crippen molar-refractivity contribution in [3.8, 4) is 0 Å². The minimum atomic E-state index is -3.53. The lowest BCUT2D eigenvalue weighted by Gasteiger charge is -2.19. The summed E-state index contributed by atoms with van der Waals surface area (Å²) in [7, 11) is -3.53. The van der Waals surface area contributed by atoms with Crippen molar-refractivity contribution in [1.29, 1.82) is 0 Å². The van der Waals surface area contributed by atoms with Crippen LogP contribution < -0.4 is 10.5 Å². The fourth-order valence-corrected chi connectivity index (χ4v) is 3.33. The Morgan fingerprint density at radius 3 is 2.55 bits per heavy atom. The third-order valence-corrected chi connectivity index (χ3v) is 5.63. The Labute approximate surface area is 125 Å². The second-order valence-electron chi connectivity index (χ2n) is 5.59. The molecule has 3 N–H and O–H groups in total. The van der Waals surface area contributed by atoms with Crippen LogP contribution in [0.15, 0.2) is 23.2 Å². The Bertz CT molecular complexity index is 605. The molecule has 1 aromatic heterocycles. The number of hydrogen-bond acceptors (Lipinski definition) is 4. The fourth-order valence-electron chi connectivity index (χ4n) is 2.13. The molecular formula is C13H19N3O2S2. The van der Waals surface area contributed by atoms with Gasteiger partial charge in [-0.1, -0.05) is 26.1 Å². The molecule has 7 heteroatoms. The Kier molecular flexibility index (Phi) is 4.13. The number of nitrogens with two attached hydrogens (primary N) is 1. The van der Waals surface area contributed by atoms with Gasteiger partial charge in [-0.15, -0.1) is 0 Å². The van der Waals surface area contributed by atoms with Gasteiger partial charge in [0.25, 0.3) is 0 Å². The lowest BCUT2D eigenvalue weighted by molar-refractivity contribution is 0.357. The second-order valence-corrected chi connectivity index (χ2v) is 7.79. The van der Waals surface area contributed by atoms with Gasteiger partial charge in [0.15, 0.2) is 0 Å². The molecule has 1 fully saturated rings. The van der Waals surface area contributed by atoms with E-state index in [0.29, 0.717) is 18.2 Å². The highest BCUT2D eigenvalue weighted by molar-refractivity contribution is 7.89. The van der Waals surface area contributed by atoms with E-state index in [0.717, 1.165) is 12.8 Å². The van der Waals surface area contributed by atoms with Crippen LogP contribution in [-0.2, 0) is 10.0 Å². The summed E-state index contributed by atoms with van der Waals surface area (Å²) in [6.07, 6.45) is 3.43. The highest BCUT2D eigenvalue weighted by Gasteiger charge is 2.45. The van der Waals surface area contributed by atoms with E-state index in [-0.39, 0.29) is 15.3 Å². The van der Waals surface area contributed by atoms with Crippen molar-refractivity contribution in [2.45, 2.75) is 31.6 Å². The first-order valence-electron chi connectivity index (χ1n) is 6.52. The first kappa shape index (κ1) is 15.3. The van der Waals surface area contributed by atoms with E-state index in [4.69, 9.17) is 18.0 Å². The Morgan fingerprint density at radius 2 is 2.15 bits per heavy atom. The van der Waals surface area contributed by atoms with Crippen molar-refractivity contribution in [3.63, 3.8) is 0 Å². The van der Waals surface area contributed by atoms with Gasteiger partial charge in [-0.05, 0) is 36.3 Å². The van der Waals surface area contributed by atoms with Crippen LogP contribution in [0.1, 0.15) is 32.4 Å². The highest BCUT2D eigenvalue weighted by Crippen LogP contribution is 2.51. The van der Waals surface area contributed by atoms with Gasteiger partial charge in [0.1, 0.15) is 9.88 Å². The summed E-state index contributed by atoms with van der Waals surface area (Å²) in [5, 5.41) is 0. The first-order valence-corrected chi connectivity index (χ1v) is 8.41. The van der Waals surface area contributed by atoms with Gasteiger partial charge in [-0.3, -0.25) is 4.98 Å². The Balaban J connectivity index is 2.09. The number of hydrogen-bond donors (Lipinski definition) is 2. The summed E-state index contributed by atoms with van der Waals surface area (Å²) in [6, 6.07) is 2.99. The van der Waals surface area contributed by atoms with E-state index < -0.39 is 10.0 Å². The zero-order valence-electron chi connectivity index (χ0n) is 11.6. The van der Waals surface area contributed by atoms with Gasteiger partial charge in [-0.25, -0.2) is 13.1 Å².